The third kappa shape index (κ3) is 4.06. The van der Waals surface area contributed by atoms with Crippen LogP contribution in [0.15, 0.2) is 18.2 Å². The minimum absolute atomic E-state index is 0.268. The van der Waals surface area contributed by atoms with Gasteiger partial charge in [0.2, 0.25) is 0 Å². The molecule has 0 amide bonds. The number of rotatable bonds is 6. The molecule has 3 nitrogen and oxygen atoms in total. The molecule has 2 N–H and O–H groups in total. The summed E-state index contributed by atoms with van der Waals surface area (Å²) in [6, 6.07) is 6.76. The molecule has 0 saturated carbocycles. The van der Waals surface area contributed by atoms with Crippen LogP contribution in [0.2, 0.25) is 0 Å². The second-order valence-corrected chi connectivity index (χ2v) is 5.51. The smallest absolute Gasteiger partial charge is 0.306 e. The molecule has 1 aliphatic carbocycles. The zero-order valence-corrected chi connectivity index (χ0v) is 11.6. The third-order valence-electron chi connectivity index (χ3n) is 3.92. The van der Waals surface area contributed by atoms with Gasteiger partial charge in [-0.1, -0.05) is 25.1 Å². The van der Waals surface area contributed by atoms with Gasteiger partial charge < -0.3 is 10.4 Å². The number of carbonyl (C=O) groups is 1. The molecule has 0 bridgehead atoms. The van der Waals surface area contributed by atoms with Crippen molar-refractivity contribution >= 4 is 5.97 Å². The standard InChI is InChI=1S/C16H23NO2/c1-12(16(18)19)8-9-17-11-13-6-7-14-4-2-3-5-15(14)10-13/h6-7,10,12,17H,2-5,8-9,11H2,1H3,(H,18,19). The Balaban J connectivity index is 1.78. The minimum atomic E-state index is -0.712. The van der Waals surface area contributed by atoms with E-state index >= 15 is 0 Å². The van der Waals surface area contributed by atoms with Crippen LogP contribution in [-0.4, -0.2) is 17.6 Å². The molecule has 0 heterocycles. The van der Waals surface area contributed by atoms with Crippen molar-refractivity contribution in [2.24, 2.45) is 5.92 Å². The van der Waals surface area contributed by atoms with Gasteiger partial charge in [-0.3, -0.25) is 4.79 Å². The van der Waals surface area contributed by atoms with Crippen molar-refractivity contribution in [3.8, 4) is 0 Å². The summed E-state index contributed by atoms with van der Waals surface area (Å²) in [7, 11) is 0. The molecule has 0 spiro atoms. The van der Waals surface area contributed by atoms with Crippen LogP contribution in [0.25, 0.3) is 0 Å². The number of aryl methyl sites for hydroxylation is 2. The first-order chi connectivity index (χ1) is 9.16. The van der Waals surface area contributed by atoms with Gasteiger partial charge in [-0.25, -0.2) is 0 Å². The fourth-order valence-electron chi connectivity index (χ4n) is 2.57. The molecule has 1 atom stereocenters. The van der Waals surface area contributed by atoms with Gasteiger partial charge in [-0.05, 0) is 55.3 Å². The molecular formula is C16H23NO2. The lowest BCUT2D eigenvalue weighted by atomic mass is 9.90. The predicted octanol–water partition coefficient (Wildman–Crippen LogP) is 2.77. The van der Waals surface area contributed by atoms with E-state index in [1.807, 2.05) is 0 Å². The Morgan fingerprint density at radius 2 is 2.05 bits per heavy atom. The van der Waals surface area contributed by atoms with Crippen molar-refractivity contribution < 1.29 is 9.90 Å². The van der Waals surface area contributed by atoms with Crippen molar-refractivity contribution in [1.82, 2.24) is 5.32 Å². The average Bonchev–Trinajstić information content (AvgIpc) is 2.43. The highest BCUT2D eigenvalue weighted by molar-refractivity contribution is 5.69. The van der Waals surface area contributed by atoms with Crippen molar-refractivity contribution in [3.63, 3.8) is 0 Å². The lowest BCUT2D eigenvalue weighted by molar-refractivity contribution is -0.141. The van der Waals surface area contributed by atoms with Crippen molar-refractivity contribution in [2.45, 2.75) is 45.6 Å². The summed E-state index contributed by atoms with van der Waals surface area (Å²) in [6.45, 7) is 3.34. The maximum atomic E-state index is 10.7. The van der Waals surface area contributed by atoms with E-state index in [4.69, 9.17) is 5.11 Å². The monoisotopic (exact) mass is 261 g/mol. The van der Waals surface area contributed by atoms with Crippen LogP contribution in [0, 0.1) is 5.92 Å². The summed E-state index contributed by atoms with van der Waals surface area (Å²) >= 11 is 0. The number of carboxylic acids is 1. The van der Waals surface area contributed by atoms with Crippen molar-refractivity contribution in [1.29, 1.82) is 0 Å². The predicted molar refractivity (Wildman–Crippen MR) is 76.2 cm³/mol. The Hall–Kier alpha value is -1.35. The van der Waals surface area contributed by atoms with Gasteiger partial charge in [0.15, 0.2) is 0 Å². The summed E-state index contributed by atoms with van der Waals surface area (Å²) in [5, 5.41) is 12.1. The number of benzene rings is 1. The minimum Gasteiger partial charge on any atom is -0.481 e. The van der Waals surface area contributed by atoms with Crippen LogP contribution >= 0.6 is 0 Å². The van der Waals surface area contributed by atoms with E-state index in [0.29, 0.717) is 6.42 Å². The first kappa shape index (κ1) is 14.1. The highest BCUT2D eigenvalue weighted by Gasteiger charge is 2.11. The molecule has 19 heavy (non-hydrogen) atoms. The van der Waals surface area contributed by atoms with Crippen molar-refractivity contribution in [3.05, 3.63) is 34.9 Å². The molecule has 1 aromatic carbocycles. The summed E-state index contributed by atoms with van der Waals surface area (Å²) in [4.78, 5) is 10.7. The molecule has 1 unspecified atom stereocenters. The number of aliphatic carboxylic acids is 1. The van der Waals surface area contributed by atoms with Gasteiger partial charge in [-0.15, -0.1) is 0 Å². The Bertz CT molecular complexity index is 442. The SMILES string of the molecule is CC(CCNCc1ccc2c(c1)CCCC2)C(=O)O. The molecule has 3 heteroatoms. The first-order valence-electron chi connectivity index (χ1n) is 7.21. The normalized spacial score (nSPS) is 15.8. The molecule has 0 saturated heterocycles. The summed E-state index contributed by atoms with van der Waals surface area (Å²) in [6.07, 6.45) is 5.73. The molecule has 0 fully saturated rings. The second kappa shape index (κ2) is 6.71. The van der Waals surface area contributed by atoms with Crippen molar-refractivity contribution in [2.75, 3.05) is 6.54 Å². The van der Waals surface area contributed by atoms with Gasteiger partial charge in [-0.2, -0.15) is 0 Å². The largest absolute Gasteiger partial charge is 0.481 e. The number of nitrogens with one attached hydrogen (secondary N) is 1. The van der Waals surface area contributed by atoms with Crippen LogP contribution in [0.1, 0.15) is 42.9 Å². The summed E-state index contributed by atoms with van der Waals surface area (Å²) in [5.74, 6) is -0.980. The van der Waals surface area contributed by atoms with Gasteiger partial charge >= 0.3 is 5.97 Å². The van der Waals surface area contributed by atoms with E-state index in [1.54, 1.807) is 6.92 Å². The Labute approximate surface area is 115 Å². The molecular weight excluding hydrogens is 238 g/mol. The van der Waals surface area contributed by atoms with E-state index < -0.39 is 5.97 Å². The lowest BCUT2D eigenvalue weighted by Gasteiger charge is -2.17. The first-order valence-corrected chi connectivity index (χ1v) is 7.21. The Morgan fingerprint density at radius 1 is 1.32 bits per heavy atom. The highest BCUT2D eigenvalue weighted by Crippen LogP contribution is 2.22. The average molecular weight is 261 g/mol. The number of carboxylic acid groups (broad SMARTS) is 1. The maximum Gasteiger partial charge on any atom is 0.306 e. The third-order valence-corrected chi connectivity index (χ3v) is 3.92. The van der Waals surface area contributed by atoms with E-state index in [1.165, 1.54) is 42.4 Å². The molecule has 1 aliphatic rings. The second-order valence-electron chi connectivity index (χ2n) is 5.51. The Kier molecular flexibility index (Phi) is 4.97. The Morgan fingerprint density at radius 3 is 2.79 bits per heavy atom. The van der Waals surface area contributed by atoms with Crippen LogP contribution in [0.5, 0.6) is 0 Å². The zero-order chi connectivity index (χ0) is 13.7. The quantitative estimate of drug-likeness (QED) is 0.774. The molecule has 104 valence electrons. The zero-order valence-electron chi connectivity index (χ0n) is 11.6. The van der Waals surface area contributed by atoms with Gasteiger partial charge in [0.05, 0.1) is 5.92 Å². The van der Waals surface area contributed by atoms with Gasteiger partial charge in [0.25, 0.3) is 0 Å². The lowest BCUT2D eigenvalue weighted by Crippen LogP contribution is -2.20. The number of hydrogen-bond donors (Lipinski definition) is 2. The van der Waals surface area contributed by atoms with Gasteiger partial charge in [0, 0.05) is 6.54 Å². The highest BCUT2D eigenvalue weighted by atomic mass is 16.4. The fraction of sp³-hybridized carbons (Fsp3) is 0.562. The summed E-state index contributed by atoms with van der Waals surface area (Å²) in [5.41, 5.74) is 4.32. The van der Waals surface area contributed by atoms with E-state index in [-0.39, 0.29) is 5.92 Å². The summed E-state index contributed by atoms with van der Waals surface area (Å²) < 4.78 is 0. The number of hydrogen-bond acceptors (Lipinski definition) is 2. The fourth-order valence-corrected chi connectivity index (χ4v) is 2.57. The van der Waals surface area contributed by atoms with Crippen LogP contribution in [-0.2, 0) is 24.2 Å². The molecule has 0 aromatic heterocycles. The van der Waals surface area contributed by atoms with E-state index in [0.717, 1.165) is 13.1 Å². The van der Waals surface area contributed by atoms with Crippen LogP contribution in [0.4, 0.5) is 0 Å². The van der Waals surface area contributed by atoms with E-state index in [9.17, 15) is 4.79 Å². The molecule has 0 radical (unpaired) electrons. The topological polar surface area (TPSA) is 49.3 Å². The van der Waals surface area contributed by atoms with Crippen LogP contribution < -0.4 is 5.32 Å². The molecule has 0 aliphatic heterocycles. The van der Waals surface area contributed by atoms with Gasteiger partial charge in [0.1, 0.15) is 0 Å². The molecule has 1 aromatic rings. The molecule has 2 rings (SSSR count). The number of fused-ring (bicyclic) bond motifs is 1. The maximum absolute atomic E-state index is 10.7. The van der Waals surface area contributed by atoms with Crippen LogP contribution in [0.3, 0.4) is 0 Å². The van der Waals surface area contributed by atoms with E-state index in [2.05, 4.69) is 23.5 Å².